The maximum atomic E-state index is 12.5. The van der Waals surface area contributed by atoms with Crippen LogP contribution < -0.4 is 20.5 Å². The number of anilines is 1. The second-order valence-electron chi connectivity index (χ2n) is 5.23. The number of benzene rings is 2. The van der Waals surface area contributed by atoms with Crippen molar-refractivity contribution in [3.63, 3.8) is 0 Å². The minimum absolute atomic E-state index is 0.0122. The van der Waals surface area contributed by atoms with Gasteiger partial charge in [-0.15, -0.1) is 0 Å². The Balaban J connectivity index is 2.08. The summed E-state index contributed by atoms with van der Waals surface area (Å²) >= 11 is 0. The predicted octanol–water partition coefficient (Wildman–Crippen LogP) is 3.79. The summed E-state index contributed by atoms with van der Waals surface area (Å²) in [5.74, 6) is 0.617. The number of aliphatic imine (C=N–C) groups is 1. The van der Waals surface area contributed by atoms with Gasteiger partial charge in [0.2, 0.25) is 0 Å². The van der Waals surface area contributed by atoms with Crippen molar-refractivity contribution >= 4 is 11.6 Å². The van der Waals surface area contributed by atoms with Crippen LogP contribution in [0.15, 0.2) is 47.5 Å². The van der Waals surface area contributed by atoms with E-state index in [1.54, 1.807) is 12.1 Å². The van der Waals surface area contributed by atoms with E-state index in [0.29, 0.717) is 11.3 Å². The monoisotopic (exact) mass is 349 g/mol. The Hall–Kier alpha value is -2.83. The van der Waals surface area contributed by atoms with Crippen molar-refractivity contribution < 1.29 is 18.3 Å². The molecule has 0 aliphatic heterocycles. The molecule has 2 aromatic rings. The van der Waals surface area contributed by atoms with Crippen LogP contribution in [0.3, 0.4) is 0 Å². The van der Waals surface area contributed by atoms with E-state index in [2.05, 4.69) is 22.0 Å². The summed E-state index contributed by atoms with van der Waals surface area (Å²) in [5, 5.41) is 2.96. The third-order valence-corrected chi connectivity index (χ3v) is 3.54. The maximum absolute atomic E-state index is 12.5. The third-order valence-electron chi connectivity index (χ3n) is 3.54. The number of methoxy groups -OCH3 is 1. The number of guanidine groups is 1. The number of alkyl halides is 2. The highest BCUT2D eigenvalue weighted by Crippen LogP contribution is 2.27. The minimum Gasteiger partial charge on any atom is -0.497 e. The van der Waals surface area contributed by atoms with Crippen molar-refractivity contribution in [2.24, 2.45) is 10.7 Å². The first kappa shape index (κ1) is 18.5. The van der Waals surface area contributed by atoms with Gasteiger partial charge in [-0.25, -0.2) is 4.99 Å². The molecule has 0 spiro atoms. The Kier molecular flexibility index (Phi) is 6.56. The van der Waals surface area contributed by atoms with Crippen LogP contribution in [0, 0.1) is 0 Å². The van der Waals surface area contributed by atoms with Crippen LogP contribution in [0.4, 0.5) is 14.5 Å². The first-order valence-electron chi connectivity index (χ1n) is 7.79. The van der Waals surface area contributed by atoms with Crippen molar-refractivity contribution in [2.75, 3.05) is 12.4 Å². The molecule has 5 nitrogen and oxygen atoms in total. The zero-order chi connectivity index (χ0) is 18.2. The SMILES string of the molecule is CCc1ccc(NC(N)=NCc2ccc(OC)cc2OC(F)F)cc1. The topological polar surface area (TPSA) is 68.9 Å². The molecule has 0 atom stereocenters. The number of hydrogen-bond acceptors (Lipinski definition) is 3. The summed E-state index contributed by atoms with van der Waals surface area (Å²) in [7, 11) is 1.45. The maximum Gasteiger partial charge on any atom is 0.387 e. The average Bonchev–Trinajstić information content (AvgIpc) is 2.60. The largest absolute Gasteiger partial charge is 0.497 e. The molecule has 0 amide bonds. The highest BCUT2D eigenvalue weighted by Gasteiger charge is 2.11. The lowest BCUT2D eigenvalue weighted by atomic mass is 10.1. The van der Waals surface area contributed by atoms with Gasteiger partial charge in [-0.1, -0.05) is 19.1 Å². The van der Waals surface area contributed by atoms with Gasteiger partial charge < -0.3 is 20.5 Å². The van der Waals surface area contributed by atoms with Crippen LogP contribution in [0.5, 0.6) is 11.5 Å². The van der Waals surface area contributed by atoms with Crippen LogP contribution >= 0.6 is 0 Å². The second kappa shape index (κ2) is 8.86. The molecule has 0 unspecified atom stereocenters. The van der Waals surface area contributed by atoms with Crippen LogP contribution in [0.25, 0.3) is 0 Å². The van der Waals surface area contributed by atoms with Crippen molar-refractivity contribution in [1.29, 1.82) is 0 Å². The molecule has 2 rings (SSSR count). The van der Waals surface area contributed by atoms with Gasteiger partial charge in [-0.3, -0.25) is 0 Å². The molecular weight excluding hydrogens is 328 g/mol. The van der Waals surface area contributed by atoms with Gasteiger partial charge in [-0.05, 0) is 36.2 Å². The standard InChI is InChI=1S/C18H21F2N3O2/c1-3-12-4-7-14(8-5-12)23-18(21)22-11-13-6-9-15(24-2)10-16(13)25-17(19)20/h4-10,17H,3,11H2,1-2H3,(H3,21,22,23). The van der Waals surface area contributed by atoms with E-state index in [0.717, 1.165) is 12.1 Å². The third kappa shape index (κ3) is 5.63. The summed E-state index contributed by atoms with van der Waals surface area (Å²) in [6.07, 6.45) is 0.953. The summed E-state index contributed by atoms with van der Waals surface area (Å²) in [4.78, 5) is 4.17. The Bertz CT molecular complexity index is 719. The molecule has 0 aromatic heterocycles. The average molecular weight is 349 g/mol. The summed E-state index contributed by atoms with van der Waals surface area (Å²) in [5.41, 5.74) is 8.35. The van der Waals surface area contributed by atoms with Gasteiger partial charge >= 0.3 is 6.61 Å². The number of ether oxygens (including phenoxy) is 2. The number of rotatable bonds is 7. The molecule has 0 bridgehead atoms. The molecule has 0 saturated heterocycles. The van der Waals surface area contributed by atoms with E-state index in [1.807, 2.05) is 24.3 Å². The molecule has 25 heavy (non-hydrogen) atoms. The zero-order valence-electron chi connectivity index (χ0n) is 14.1. The van der Waals surface area contributed by atoms with Crippen molar-refractivity contribution in [3.8, 4) is 11.5 Å². The molecule has 0 fully saturated rings. The Morgan fingerprint density at radius 1 is 1.20 bits per heavy atom. The minimum atomic E-state index is -2.93. The van der Waals surface area contributed by atoms with E-state index in [1.165, 1.54) is 18.7 Å². The number of aryl methyl sites for hydroxylation is 1. The predicted molar refractivity (Wildman–Crippen MR) is 94.4 cm³/mol. The summed E-state index contributed by atoms with van der Waals surface area (Å²) < 4.78 is 34.6. The lowest BCUT2D eigenvalue weighted by molar-refractivity contribution is -0.0505. The normalized spacial score (nSPS) is 11.5. The van der Waals surface area contributed by atoms with E-state index in [4.69, 9.17) is 10.5 Å². The smallest absolute Gasteiger partial charge is 0.387 e. The van der Waals surface area contributed by atoms with Gasteiger partial charge in [0.25, 0.3) is 0 Å². The lowest BCUT2D eigenvalue weighted by Gasteiger charge is -2.11. The molecule has 0 radical (unpaired) electrons. The van der Waals surface area contributed by atoms with Crippen molar-refractivity contribution in [3.05, 3.63) is 53.6 Å². The number of nitrogens with zero attached hydrogens (tertiary/aromatic N) is 1. The van der Waals surface area contributed by atoms with Gasteiger partial charge in [0.1, 0.15) is 11.5 Å². The molecule has 0 aliphatic rings. The molecule has 3 N–H and O–H groups in total. The Labute approximate surface area is 145 Å². The van der Waals surface area contributed by atoms with Crippen LogP contribution in [-0.2, 0) is 13.0 Å². The zero-order valence-corrected chi connectivity index (χ0v) is 14.1. The molecular formula is C18H21F2N3O2. The molecule has 0 heterocycles. The van der Waals surface area contributed by atoms with Crippen LogP contribution in [0.1, 0.15) is 18.1 Å². The Morgan fingerprint density at radius 2 is 1.92 bits per heavy atom. The number of halogens is 2. The fourth-order valence-corrected chi connectivity index (χ4v) is 2.18. The van der Waals surface area contributed by atoms with Crippen LogP contribution in [-0.4, -0.2) is 19.7 Å². The number of nitrogens with two attached hydrogens (primary N) is 1. The Morgan fingerprint density at radius 3 is 2.52 bits per heavy atom. The van der Waals surface area contributed by atoms with Crippen molar-refractivity contribution in [2.45, 2.75) is 26.5 Å². The summed E-state index contributed by atoms with van der Waals surface area (Å²) in [6, 6.07) is 12.4. The molecule has 2 aromatic carbocycles. The fraction of sp³-hybridized carbons (Fsp3) is 0.278. The molecule has 134 valence electrons. The first-order valence-corrected chi connectivity index (χ1v) is 7.79. The van der Waals surface area contributed by atoms with Gasteiger partial charge in [0, 0.05) is 17.3 Å². The summed E-state index contributed by atoms with van der Waals surface area (Å²) in [6.45, 7) is -0.758. The highest BCUT2D eigenvalue weighted by atomic mass is 19.3. The van der Waals surface area contributed by atoms with E-state index in [9.17, 15) is 8.78 Å². The lowest BCUT2D eigenvalue weighted by Crippen LogP contribution is -2.22. The van der Waals surface area contributed by atoms with E-state index >= 15 is 0 Å². The number of hydrogen-bond donors (Lipinski definition) is 2. The number of nitrogens with one attached hydrogen (secondary N) is 1. The molecule has 0 saturated carbocycles. The molecule has 0 aliphatic carbocycles. The van der Waals surface area contributed by atoms with Crippen molar-refractivity contribution in [1.82, 2.24) is 0 Å². The van der Waals surface area contributed by atoms with E-state index < -0.39 is 6.61 Å². The fourth-order valence-electron chi connectivity index (χ4n) is 2.18. The van der Waals surface area contributed by atoms with E-state index in [-0.39, 0.29) is 18.3 Å². The second-order valence-corrected chi connectivity index (χ2v) is 5.23. The van der Waals surface area contributed by atoms with Gasteiger partial charge in [0.15, 0.2) is 5.96 Å². The van der Waals surface area contributed by atoms with Gasteiger partial charge in [-0.2, -0.15) is 8.78 Å². The highest BCUT2D eigenvalue weighted by molar-refractivity contribution is 5.92. The quantitative estimate of drug-likeness (QED) is 0.589. The first-order chi connectivity index (χ1) is 12.0. The van der Waals surface area contributed by atoms with Crippen LogP contribution in [0.2, 0.25) is 0 Å². The van der Waals surface area contributed by atoms with Gasteiger partial charge in [0.05, 0.1) is 13.7 Å². The molecule has 7 heteroatoms.